The molecule has 0 aliphatic heterocycles. The highest BCUT2D eigenvalue weighted by Gasteiger charge is 2.20. The SMILES string of the molecule is COc1ccc(CNC(=O)Cn2cc(C(=O)c3ccccc3)c(=O)c3cc(OC)c(OC)cc32)cc1. The number of carbonyl (C=O) groups is 2. The van der Waals surface area contributed by atoms with Gasteiger partial charge in [0.15, 0.2) is 17.3 Å². The summed E-state index contributed by atoms with van der Waals surface area (Å²) >= 11 is 0. The maximum Gasteiger partial charge on any atom is 0.240 e. The zero-order valence-corrected chi connectivity index (χ0v) is 20.2. The van der Waals surface area contributed by atoms with E-state index in [1.807, 2.05) is 24.3 Å². The highest BCUT2D eigenvalue weighted by atomic mass is 16.5. The van der Waals surface area contributed by atoms with Crippen LogP contribution in [0.2, 0.25) is 0 Å². The third kappa shape index (κ3) is 5.07. The summed E-state index contributed by atoms with van der Waals surface area (Å²) in [6, 6.07) is 19.1. The number of fused-ring (bicyclic) bond motifs is 1. The predicted molar refractivity (Wildman–Crippen MR) is 136 cm³/mol. The summed E-state index contributed by atoms with van der Waals surface area (Å²) in [4.78, 5) is 39.5. The molecule has 0 bridgehead atoms. The van der Waals surface area contributed by atoms with E-state index >= 15 is 0 Å². The summed E-state index contributed by atoms with van der Waals surface area (Å²) in [6.45, 7) is 0.200. The average Bonchev–Trinajstić information content (AvgIpc) is 2.93. The fourth-order valence-corrected chi connectivity index (χ4v) is 3.91. The van der Waals surface area contributed by atoms with E-state index in [0.717, 1.165) is 11.3 Å². The number of hydrogen-bond acceptors (Lipinski definition) is 6. The van der Waals surface area contributed by atoms with Gasteiger partial charge in [0.05, 0.1) is 37.8 Å². The van der Waals surface area contributed by atoms with Crippen LogP contribution in [-0.2, 0) is 17.9 Å². The predicted octanol–water partition coefficient (Wildman–Crippen LogP) is 3.57. The number of methoxy groups -OCH3 is 3. The molecule has 1 N–H and O–H groups in total. The van der Waals surface area contributed by atoms with E-state index in [0.29, 0.717) is 29.1 Å². The molecule has 36 heavy (non-hydrogen) atoms. The lowest BCUT2D eigenvalue weighted by molar-refractivity contribution is -0.121. The average molecular weight is 487 g/mol. The van der Waals surface area contributed by atoms with Crippen LogP contribution in [0.15, 0.2) is 77.7 Å². The molecule has 8 heteroatoms. The Balaban J connectivity index is 1.72. The topological polar surface area (TPSA) is 95.9 Å². The van der Waals surface area contributed by atoms with Crippen molar-refractivity contribution in [3.8, 4) is 17.2 Å². The number of hydrogen-bond donors (Lipinski definition) is 1. The number of nitrogens with zero attached hydrogens (tertiary/aromatic N) is 1. The summed E-state index contributed by atoms with van der Waals surface area (Å²) in [5, 5.41) is 3.12. The minimum Gasteiger partial charge on any atom is -0.497 e. The standard InChI is InChI=1S/C28H26N2O6/c1-34-20-11-9-18(10-12-20)15-29-26(31)17-30-16-22(27(32)19-7-5-4-6-8-19)28(33)21-13-24(35-2)25(36-3)14-23(21)30/h4-14,16H,15,17H2,1-3H3,(H,29,31). The Morgan fingerprint density at radius 2 is 1.53 bits per heavy atom. The number of pyridine rings is 1. The van der Waals surface area contributed by atoms with Crippen LogP contribution >= 0.6 is 0 Å². The molecule has 0 aliphatic rings. The second kappa shape index (κ2) is 10.8. The minimum absolute atomic E-state index is 0.0381. The third-order valence-corrected chi connectivity index (χ3v) is 5.83. The number of aromatic nitrogens is 1. The molecule has 0 aliphatic carbocycles. The van der Waals surface area contributed by atoms with E-state index in [4.69, 9.17) is 14.2 Å². The fraction of sp³-hybridized carbons (Fsp3) is 0.179. The molecular weight excluding hydrogens is 460 g/mol. The smallest absolute Gasteiger partial charge is 0.240 e. The first-order chi connectivity index (χ1) is 17.4. The van der Waals surface area contributed by atoms with Crippen molar-refractivity contribution in [2.45, 2.75) is 13.1 Å². The molecule has 8 nitrogen and oxygen atoms in total. The first-order valence-corrected chi connectivity index (χ1v) is 11.2. The lowest BCUT2D eigenvalue weighted by Gasteiger charge is -2.16. The van der Waals surface area contributed by atoms with Crippen LogP contribution in [0.1, 0.15) is 21.5 Å². The quantitative estimate of drug-likeness (QED) is 0.364. The molecule has 4 rings (SSSR count). The Kier molecular flexibility index (Phi) is 7.34. The van der Waals surface area contributed by atoms with Crippen LogP contribution in [0.5, 0.6) is 17.2 Å². The molecule has 0 radical (unpaired) electrons. The lowest BCUT2D eigenvalue weighted by atomic mass is 10.0. The van der Waals surface area contributed by atoms with Crippen LogP contribution in [0.25, 0.3) is 10.9 Å². The summed E-state index contributed by atoms with van der Waals surface area (Å²) in [6.07, 6.45) is 1.43. The first kappa shape index (κ1) is 24.5. The highest BCUT2D eigenvalue weighted by Crippen LogP contribution is 2.31. The molecule has 0 unspecified atom stereocenters. The van der Waals surface area contributed by atoms with Gasteiger partial charge in [0.1, 0.15) is 12.3 Å². The van der Waals surface area contributed by atoms with Crippen molar-refractivity contribution in [2.24, 2.45) is 0 Å². The second-order valence-corrected chi connectivity index (χ2v) is 8.04. The molecule has 0 atom stereocenters. The third-order valence-electron chi connectivity index (χ3n) is 5.83. The van der Waals surface area contributed by atoms with E-state index in [1.165, 1.54) is 26.5 Å². The number of ketones is 1. The van der Waals surface area contributed by atoms with Crippen molar-refractivity contribution in [2.75, 3.05) is 21.3 Å². The highest BCUT2D eigenvalue weighted by molar-refractivity contribution is 6.10. The van der Waals surface area contributed by atoms with E-state index < -0.39 is 11.2 Å². The zero-order valence-electron chi connectivity index (χ0n) is 20.2. The van der Waals surface area contributed by atoms with Gasteiger partial charge in [-0.05, 0) is 23.8 Å². The summed E-state index contributed by atoms with van der Waals surface area (Å²) in [5.74, 6) is 0.763. The van der Waals surface area contributed by atoms with Crippen molar-refractivity contribution < 1.29 is 23.8 Å². The largest absolute Gasteiger partial charge is 0.497 e. The van der Waals surface area contributed by atoms with E-state index in [-0.39, 0.29) is 23.4 Å². The number of carbonyl (C=O) groups excluding carboxylic acids is 2. The molecular formula is C28H26N2O6. The molecule has 1 amide bonds. The van der Waals surface area contributed by atoms with Gasteiger partial charge >= 0.3 is 0 Å². The molecule has 0 saturated heterocycles. The van der Waals surface area contributed by atoms with Crippen molar-refractivity contribution in [3.05, 3.63) is 99.8 Å². The van der Waals surface area contributed by atoms with Crippen molar-refractivity contribution in [1.29, 1.82) is 0 Å². The molecule has 1 heterocycles. The van der Waals surface area contributed by atoms with Gasteiger partial charge in [-0.15, -0.1) is 0 Å². The number of ether oxygens (including phenoxy) is 3. The van der Waals surface area contributed by atoms with Crippen LogP contribution in [-0.4, -0.2) is 37.6 Å². The second-order valence-electron chi connectivity index (χ2n) is 8.04. The van der Waals surface area contributed by atoms with Gasteiger partial charge in [-0.2, -0.15) is 0 Å². The Morgan fingerprint density at radius 3 is 2.17 bits per heavy atom. The summed E-state index contributed by atoms with van der Waals surface area (Å²) in [5.41, 5.74) is 1.24. The van der Waals surface area contributed by atoms with Gasteiger partial charge in [0, 0.05) is 24.4 Å². The Bertz CT molecular complexity index is 1460. The molecule has 3 aromatic carbocycles. The van der Waals surface area contributed by atoms with E-state index in [2.05, 4.69) is 5.32 Å². The van der Waals surface area contributed by atoms with Gasteiger partial charge in [-0.25, -0.2) is 0 Å². The molecule has 0 saturated carbocycles. The summed E-state index contributed by atoms with van der Waals surface area (Å²) < 4.78 is 17.5. The van der Waals surface area contributed by atoms with Crippen molar-refractivity contribution in [1.82, 2.24) is 9.88 Å². The fourth-order valence-electron chi connectivity index (χ4n) is 3.91. The van der Waals surface area contributed by atoms with Gasteiger partial charge in [-0.3, -0.25) is 14.4 Å². The van der Waals surface area contributed by atoms with E-state index in [1.54, 1.807) is 48.1 Å². The number of nitrogens with one attached hydrogen (secondary N) is 1. The van der Waals surface area contributed by atoms with Crippen LogP contribution < -0.4 is 25.0 Å². The normalized spacial score (nSPS) is 10.6. The molecule has 4 aromatic rings. The lowest BCUT2D eigenvalue weighted by Crippen LogP contribution is -2.29. The zero-order chi connectivity index (χ0) is 25.7. The van der Waals surface area contributed by atoms with Crippen molar-refractivity contribution >= 4 is 22.6 Å². The van der Waals surface area contributed by atoms with Crippen LogP contribution in [0.4, 0.5) is 0 Å². The van der Waals surface area contributed by atoms with Gasteiger partial charge in [0.2, 0.25) is 11.3 Å². The minimum atomic E-state index is -0.449. The maximum atomic E-state index is 13.4. The molecule has 1 aromatic heterocycles. The molecule has 0 spiro atoms. The first-order valence-electron chi connectivity index (χ1n) is 11.2. The Labute approximate surface area is 208 Å². The van der Waals surface area contributed by atoms with Crippen LogP contribution in [0.3, 0.4) is 0 Å². The van der Waals surface area contributed by atoms with Gasteiger partial charge < -0.3 is 24.1 Å². The molecule has 0 fully saturated rings. The number of rotatable bonds is 9. The van der Waals surface area contributed by atoms with Gasteiger partial charge in [-0.1, -0.05) is 42.5 Å². The van der Waals surface area contributed by atoms with Crippen molar-refractivity contribution in [3.63, 3.8) is 0 Å². The number of amides is 1. The molecule has 184 valence electrons. The Hall–Kier alpha value is -4.59. The Morgan fingerprint density at radius 1 is 0.861 bits per heavy atom. The summed E-state index contributed by atoms with van der Waals surface area (Å²) in [7, 11) is 4.54. The van der Waals surface area contributed by atoms with Crippen LogP contribution in [0, 0.1) is 0 Å². The maximum absolute atomic E-state index is 13.4. The van der Waals surface area contributed by atoms with E-state index in [9.17, 15) is 14.4 Å². The monoisotopic (exact) mass is 486 g/mol. The number of benzene rings is 3. The van der Waals surface area contributed by atoms with Gasteiger partial charge in [0.25, 0.3) is 0 Å².